The van der Waals surface area contributed by atoms with Crippen molar-refractivity contribution in [3.63, 3.8) is 0 Å². The van der Waals surface area contributed by atoms with Crippen molar-refractivity contribution in [2.24, 2.45) is 11.0 Å². The standard InChI is InChI=1S/C13H16N2OS/c1-9(10(2)16)13(3)15-14-12(17-13)11-7-5-4-6-8-11/h4-9,15H,1-3H3. The lowest BCUT2D eigenvalue weighted by Crippen LogP contribution is -2.42. The van der Waals surface area contributed by atoms with E-state index in [4.69, 9.17) is 0 Å². The summed E-state index contributed by atoms with van der Waals surface area (Å²) in [5.41, 5.74) is 4.18. The van der Waals surface area contributed by atoms with E-state index in [1.807, 2.05) is 44.2 Å². The van der Waals surface area contributed by atoms with Crippen molar-refractivity contribution in [1.29, 1.82) is 0 Å². The van der Waals surface area contributed by atoms with E-state index in [1.54, 1.807) is 18.7 Å². The Kier molecular flexibility index (Phi) is 3.24. The molecule has 90 valence electrons. The van der Waals surface area contributed by atoms with Gasteiger partial charge in [0.1, 0.15) is 15.7 Å². The third-order valence-corrected chi connectivity index (χ3v) is 4.53. The van der Waals surface area contributed by atoms with Gasteiger partial charge in [-0.2, -0.15) is 5.10 Å². The molecule has 2 atom stereocenters. The van der Waals surface area contributed by atoms with E-state index in [0.29, 0.717) is 0 Å². The molecule has 1 aromatic rings. The smallest absolute Gasteiger partial charge is 0.135 e. The van der Waals surface area contributed by atoms with Crippen molar-refractivity contribution >= 4 is 22.6 Å². The Morgan fingerprint density at radius 2 is 2.06 bits per heavy atom. The molecule has 4 heteroatoms. The van der Waals surface area contributed by atoms with Gasteiger partial charge in [0.15, 0.2) is 0 Å². The van der Waals surface area contributed by atoms with Crippen molar-refractivity contribution < 1.29 is 4.79 Å². The van der Waals surface area contributed by atoms with E-state index in [0.717, 1.165) is 10.6 Å². The number of hydrazone groups is 1. The van der Waals surface area contributed by atoms with Gasteiger partial charge in [0.2, 0.25) is 0 Å². The molecular formula is C13H16N2OS. The number of nitrogens with zero attached hydrogens (tertiary/aromatic N) is 1. The van der Waals surface area contributed by atoms with Crippen molar-refractivity contribution in [1.82, 2.24) is 5.43 Å². The average molecular weight is 248 g/mol. The van der Waals surface area contributed by atoms with Gasteiger partial charge in [-0.3, -0.25) is 10.2 Å². The molecule has 0 spiro atoms. The summed E-state index contributed by atoms with van der Waals surface area (Å²) in [4.78, 5) is 11.1. The second-order valence-corrected chi connectivity index (χ2v) is 5.88. The van der Waals surface area contributed by atoms with Gasteiger partial charge in [-0.1, -0.05) is 49.0 Å². The minimum Gasteiger partial charge on any atom is -0.300 e. The van der Waals surface area contributed by atoms with E-state index in [-0.39, 0.29) is 16.6 Å². The highest BCUT2D eigenvalue weighted by Crippen LogP contribution is 2.37. The van der Waals surface area contributed by atoms with Crippen LogP contribution in [0.25, 0.3) is 0 Å². The molecule has 0 amide bonds. The Hall–Kier alpha value is -1.29. The molecule has 1 heterocycles. The minimum atomic E-state index is -0.336. The molecule has 0 aliphatic carbocycles. The van der Waals surface area contributed by atoms with Crippen LogP contribution < -0.4 is 5.43 Å². The van der Waals surface area contributed by atoms with Crippen LogP contribution in [0.1, 0.15) is 26.3 Å². The summed E-state index contributed by atoms with van der Waals surface area (Å²) in [5, 5.41) is 5.29. The van der Waals surface area contributed by atoms with Gasteiger partial charge in [-0.25, -0.2) is 0 Å². The van der Waals surface area contributed by atoms with Crippen molar-refractivity contribution in [2.45, 2.75) is 25.6 Å². The predicted molar refractivity (Wildman–Crippen MR) is 72.0 cm³/mol. The van der Waals surface area contributed by atoms with Crippen LogP contribution in [0.5, 0.6) is 0 Å². The highest BCUT2D eigenvalue weighted by atomic mass is 32.2. The quantitative estimate of drug-likeness (QED) is 0.894. The van der Waals surface area contributed by atoms with E-state index in [1.165, 1.54) is 0 Å². The molecule has 0 aromatic heterocycles. The number of rotatable bonds is 3. The third kappa shape index (κ3) is 2.36. The number of Topliss-reactive ketones (excluding diaryl/α,β-unsaturated/α-hetero) is 1. The molecule has 17 heavy (non-hydrogen) atoms. The Morgan fingerprint density at radius 3 is 2.65 bits per heavy atom. The molecule has 1 aliphatic rings. The van der Waals surface area contributed by atoms with Crippen LogP contribution in [0.2, 0.25) is 0 Å². The first-order valence-corrected chi connectivity index (χ1v) is 6.44. The lowest BCUT2D eigenvalue weighted by atomic mass is 9.99. The molecule has 1 N–H and O–H groups in total. The molecule has 2 unspecified atom stereocenters. The van der Waals surface area contributed by atoms with Crippen LogP contribution >= 0.6 is 11.8 Å². The normalized spacial score (nSPS) is 25.0. The molecule has 3 nitrogen and oxygen atoms in total. The number of hydrogen-bond donors (Lipinski definition) is 1. The third-order valence-electron chi connectivity index (χ3n) is 3.14. The fraction of sp³-hybridized carbons (Fsp3) is 0.385. The Morgan fingerprint density at radius 1 is 1.41 bits per heavy atom. The predicted octanol–water partition coefficient (Wildman–Crippen LogP) is 2.63. The lowest BCUT2D eigenvalue weighted by Gasteiger charge is -2.27. The van der Waals surface area contributed by atoms with Gasteiger partial charge in [-0.05, 0) is 13.8 Å². The Labute approximate surface area is 106 Å². The van der Waals surface area contributed by atoms with Gasteiger partial charge in [0, 0.05) is 11.5 Å². The zero-order valence-electron chi connectivity index (χ0n) is 10.2. The van der Waals surface area contributed by atoms with Crippen LogP contribution in [0.15, 0.2) is 35.4 Å². The van der Waals surface area contributed by atoms with Crippen LogP contribution in [0.3, 0.4) is 0 Å². The largest absolute Gasteiger partial charge is 0.300 e. The molecule has 0 bridgehead atoms. The van der Waals surface area contributed by atoms with Gasteiger partial charge < -0.3 is 0 Å². The maximum Gasteiger partial charge on any atom is 0.135 e. The molecule has 1 aromatic carbocycles. The fourth-order valence-electron chi connectivity index (χ4n) is 1.69. The van der Waals surface area contributed by atoms with Crippen molar-refractivity contribution in [2.75, 3.05) is 0 Å². The number of carbonyl (C=O) groups excluding carboxylic acids is 1. The monoisotopic (exact) mass is 248 g/mol. The average Bonchev–Trinajstić information content (AvgIpc) is 2.73. The van der Waals surface area contributed by atoms with E-state index >= 15 is 0 Å². The summed E-state index contributed by atoms with van der Waals surface area (Å²) in [5.74, 6) is 0.106. The number of hydrogen-bond acceptors (Lipinski definition) is 4. The zero-order valence-corrected chi connectivity index (χ0v) is 11.0. The maximum atomic E-state index is 11.5. The van der Waals surface area contributed by atoms with Gasteiger partial charge >= 0.3 is 0 Å². The fourth-order valence-corrected chi connectivity index (χ4v) is 2.87. The molecule has 2 rings (SSSR count). The van der Waals surface area contributed by atoms with E-state index in [9.17, 15) is 4.79 Å². The highest BCUT2D eigenvalue weighted by Gasteiger charge is 2.40. The van der Waals surface area contributed by atoms with Crippen LogP contribution in [0, 0.1) is 5.92 Å². The first kappa shape index (κ1) is 12.2. The number of carbonyl (C=O) groups is 1. The van der Waals surface area contributed by atoms with Crippen LogP contribution in [-0.2, 0) is 4.79 Å². The van der Waals surface area contributed by atoms with E-state index < -0.39 is 0 Å². The van der Waals surface area contributed by atoms with Gasteiger partial charge in [0.05, 0.1) is 0 Å². The van der Waals surface area contributed by atoms with Crippen molar-refractivity contribution in [3.8, 4) is 0 Å². The summed E-state index contributed by atoms with van der Waals surface area (Å²) >= 11 is 1.62. The Bertz CT molecular complexity index is 458. The molecule has 0 fully saturated rings. The maximum absolute atomic E-state index is 11.5. The Balaban J connectivity index is 2.16. The second kappa shape index (κ2) is 4.53. The zero-order chi connectivity index (χ0) is 12.5. The summed E-state index contributed by atoms with van der Waals surface area (Å²) in [7, 11) is 0. The van der Waals surface area contributed by atoms with Crippen LogP contribution in [0.4, 0.5) is 0 Å². The number of ketones is 1. The molecule has 0 saturated carbocycles. The first-order valence-electron chi connectivity index (χ1n) is 5.62. The second-order valence-electron chi connectivity index (χ2n) is 4.44. The first-order chi connectivity index (χ1) is 8.03. The number of thioether (sulfide) groups is 1. The van der Waals surface area contributed by atoms with Crippen molar-refractivity contribution in [3.05, 3.63) is 35.9 Å². The lowest BCUT2D eigenvalue weighted by molar-refractivity contribution is -0.121. The highest BCUT2D eigenvalue weighted by molar-refractivity contribution is 8.15. The van der Waals surface area contributed by atoms with Gasteiger partial charge in [-0.15, -0.1) is 0 Å². The van der Waals surface area contributed by atoms with Gasteiger partial charge in [0.25, 0.3) is 0 Å². The topological polar surface area (TPSA) is 41.5 Å². The molecule has 0 saturated heterocycles. The molecule has 0 radical (unpaired) electrons. The molecular weight excluding hydrogens is 232 g/mol. The van der Waals surface area contributed by atoms with E-state index in [2.05, 4.69) is 10.5 Å². The summed E-state index contributed by atoms with van der Waals surface area (Å²) < 4.78 is 0. The molecule has 1 aliphatic heterocycles. The summed E-state index contributed by atoms with van der Waals surface area (Å²) in [6.07, 6.45) is 0. The number of benzene rings is 1. The summed E-state index contributed by atoms with van der Waals surface area (Å²) in [6, 6.07) is 10.0. The summed E-state index contributed by atoms with van der Waals surface area (Å²) in [6.45, 7) is 5.58. The SMILES string of the molecule is CC(=O)C(C)C1(C)NN=C(c2ccccc2)S1. The van der Waals surface area contributed by atoms with Crippen LogP contribution in [-0.4, -0.2) is 15.7 Å². The minimum absolute atomic E-state index is 0.0718. The number of nitrogens with one attached hydrogen (secondary N) is 1.